The maximum absolute atomic E-state index is 10.7. The fourth-order valence-electron chi connectivity index (χ4n) is 1.83. The molecule has 0 atom stereocenters. The lowest BCUT2D eigenvalue weighted by molar-refractivity contribution is -0.121. The van der Waals surface area contributed by atoms with Crippen LogP contribution in [0.5, 0.6) is 11.5 Å². The number of ketones is 1. The number of halogens is 4. The molecule has 1 aromatic carbocycles. The lowest BCUT2D eigenvalue weighted by Gasteiger charge is -2.12. The number of unbranched alkanes of at least 4 members (excludes halogenated alkanes) is 2. The van der Waals surface area contributed by atoms with Gasteiger partial charge in [-0.05, 0) is 32.3 Å². The smallest absolute Gasteiger partial charge is 0.156 e. The topological polar surface area (TPSA) is 44.8 Å². The summed E-state index contributed by atoms with van der Waals surface area (Å²) in [5, 5.41) is 0.737. The molecule has 4 nitrogen and oxygen atoms in total. The first kappa shape index (κ1) is 22.4. The van der Waals surface area contributed by atoms with Gasteiger partial charge in [-0.15, -0.1) is 0 Å². The lowest BCUT2D eigenvalue weighted by atomic mass is 10.2. The molecular formula is C17H20Cl4O4. The van der Waals surface area contributed by atoms with E-state index in [0.717, 1.165) is 19.3 Å². The molecular weight excluding hydrogens is 410 g/mol. The summed E-state index contributed by atoms with van der Waals surface area (Å²) in [5.41, 5.74) is 0. The van der Waals surface area contributed by atoms with Crippen LogP contribution in [0.4, 0.5) is 0 Å². The number of Topliss-reactive ketones (excluding diaryl/α,β-unsaturated/α-hetero) is 1. The number of carbonyl (C=O) groups excluding carboxylic acids is 1. The Morgan fingerprint density at radius 1 is 1.04 bits per heavy atom. The summed E-state index contributed by atoms with van der Waals surface area (Å²) in [6, 6.07) is 3.24. The fraction of sp³-hybridized carbons (Fsp3) is 0.471. The molecule has 8 heteroatoms. The van der Waals surface area contributed by atoms with Gasteiger partial charge in [0.15, 0.2) is 11.5 Å². The summed E-state index contributed by atoms with van der Waals surface area (Å²) in [6.07, 6.45) is 4.12. The molecule has 0 N–H and O–H groups in total. The predicted octanol–water partition coefficient (Wildman–Crippen LogP) is 5.85. The van der Waals surface area contributed by atoms with Gasteiger partial charge < -0.3 is 14.2 Å². The number of benzene rings is 1. The van der Waals surface area contributed by atoms with E-state index in [-0.39, 0.29) is 23.5 Å². The molecule has 0 fully saturated rings. The van der Waals surface area contributed by atoms with E-state index >= 15 is 0 Å². The van der Waals surface area contributed by atoms with Gasteiger partial charge in [0.1, 0.15) is 23.5 Å². The summed E-state index contributed by atoms with van der Waals surface area (Å²) >= 11 is 23.4. The van der Waals surface area contributed by atoms with E-state index in [9.17, 15) is 4.79 Å². The number of carbonyl (C=O) groups is 1. The minimum absolute atomic E-state index is 0.0295. The van der Waals surface area contributed by atoms with Crippen molar-refractivity contribution in [2.45, 2.75) is 26.2 Å². The van der Waals surface area contributed by atoms with E-state index < -0.39 is 0 Å². The fourth-order valence-corrected chi connectivity index (χ4v) is 2.53. The van der Waals surface area contributed by atoms with Crippen molar-refractivity contribution in [3.05, 3.63) is 32.7 Å². The highest BCUT2D eigenvalue weighted by atomic mass is 35.5. The third-order valence-electron chi connectivity index (χ3n) is 2.94. The molecule has 0 spiro atoms. The summed E-state index contributed by atoms with van der Waals surface area (Å²) in [5.74, 6) is 0.951. The SMILES string of the molecule is CC(=O)COCCCCCOc1c(Cl)cc(OCC=C(Cl)Cl)cc1Cl. The molecule has 1 aromatic rings. The van der Waals surface area contributed by atoms with Crippen LogP contribution in [0.3, 0.4) is 0 Å². The Bertz CT molecular complexity index is 563. The molecule has 1 rings (SSSR count). The van der Waals surface area contributed by atoms with Crippen molar-refractivity contribution < 1.29 is 19.0 Å². The number of ether oxygens (including phenoxy) is 3. The Kier molecular flexibility index (Phi) is 11.3. The van der Waals surface area contributed by atoms with Gasteiger partial charge in [0.25, 0.3) is 0 Å². The van der Waals surface area contributed by atoms with Gasteiger partial charge in [-0.2, -0.15) is 0 Å². The third-order valence-corrected chi connectivity index (χ3v) is 3.81. The van der Waals surface area contributed by atoms with Crippen molar-refractivity contribution in [3.63, 3.8) is 0 Å². The zero-order valence-corrected chi connectivity index (χ0v) is 16.9. The summed E-state index contributed by atoms with van der Waals surface area (Å²) < 4.78 is 16.4. The van der Waals surface area contributed by atoms with Crippen LogP contribution in [0.15, 0.2) is 22.7 Å². The van der Waals surface area contributed by atoms with Crippen molar-refractivity contribution in [3.8, 4) is 11.5 Å². The highest BCUT2D eigenvalue weighted by Crippen LogP contribution is 2.37. The second kappa shape index (κ2) is 12.7. The first-order chi connectivity index (χ1) is 11.9. The average molecular weight is 430 g/mol. The Morgan fingerprint density at radius 2 is 1.68 bits per heavy atom. The van der Waals surface area contributed by atoms with E-state index in [2.05, 4.69) is 0 Å². The maximum Gasteiger partial charge on any atom is 0.156 e. The van der Waals surface area contributed by atoms with Crippen LogP contribution in [0.1, 0.15) is 26.2 Å². The molecule has 0 saturated heterocycles. The molecule has 0 aliphatic rings. The second-order valence-corrected chi connectivity index (χ2v) is 7.01. The van der Waals surface area contributed by atoms with Crippen molar-refractivity contribution in [2.24, 2.45) is 0 Å². The van der Waals surface area contributed by atoms with Gasteiger partial charge in [0, 0.05) is 18.7 Å². The van der Waals surface area contributed by atoms with E-state index in [1.165, 1.54) is 13.0 Å². The summed E-state index contributed by atoms with van der Waals surface area (Å²) in [4.78, 5) is 10.7. The molecule has 0 heterocycles. The normalized spacial score (nSPS) is 10.4. The van der Waals surface area contributed by atoms with Crippen LogP contribution in [0.2, 0.25) is 10.0 Å². The van der Waals surface area contributed by atoms with E-state index in [1.807, 2.05) is 0 Å². The number of rotatable bonds is 12. The molecule has 0 amide bonds. The second-order valence-electron chi connectivity index (χ2n) is 5.18. The van der Waals surface area contributed by atoms with Crippen LogP contribution < -0.4 is 9.47 Å². The van der Waals surface area contributed by atoms with Crippen molar-refractivity contribution in [1.29, 1.82) is 0 Å². The standard InChI is InChI=1S/C17H20Cl4O4/c1-12(22)11-23-6-3-2-4-7-25-17-14(18)9-13(10-15(17)19)24-8-5-16(20)21/h5,9-10H,2-4,6-8,11H2,1H3. The van der Waals surface area contributed by atoms with Crippen molar-refractivity contribution in [1.82, 2.24) is 0 Å². The highest BCUT2D eigenvalue weighted by Gasteiger charge is 2.10. The Hall–Kier alpha value is -0.650. The molecule has 0 saturated carbocycles. The van der Waals surface area contributed by atoms with Crippen molar-refractivity contribution in [2.75, 3.05) is 26.4 Å². The Morgan fingerprint density at radius 3 is 2.28 bits per heavy atom. The van der Waals surface area contributed by atoms with E-state index in [1.54, 1.807) is 12.1 Å². The van der Waals surface area contributed by atoms with Crippen LogP contribution in [-0.4, -0.2) is 32.2 Å². The first-order valence-corrected chi connectivity index (χ1v) is 9.24. The molecule has 0 bridgehead atoms. The molecule has 140 valence electrons. The zero-order valence-electron chi connectivity index (χ0n) is 13.8. The van der Waals surface area contributed by atoms with Crippen LogP contribution >= 0.6 is 46.4 Å². The predicted molar refractivity (Wildman–Crippen MR) is 103 cm³/mol. The van der Waals surface area contributed by atoms with Crippen molar-refractivity contribution >= 4 is 52.2 Å². The number of hydrogen-bond acceptors (Lipinski definition) is 4. The maximum atomic E-state index is 10.7. The monoisotopic (exact) mass is 428 g/mol. The quantitative estimate of drug-likeness (QED) is 0.391. The number of hydrogen-bond donors (Lipinski definition) is 0. The van der Waals surface area contributed by atoms with Crippen LogP contribution in [-0.2, 0) is 9.53 Å². The molecule has 0 unspecified atom stereocenters. The van der Waals surface area contributed by atoms with Gasteiger partial charge >= 0.3 is 0 Å². The molecule has 0 aliphatic heterocycles. The van der Waals surface area contributed by atoms with Gasteiger partial charge in [-0.25, -0.2) is 0 Å². The average Bonchev–Trinajstić information content (AvgIpc) is 2.51. The van der Waals surface area contributed by atoms with E-state index in [4.69, 9.17) is 60.6 Å². The van der Waals surface area contributed by atoms with Gasteiger partial charge in [-0.1, -0.05) is 46.4 Å². The molecule has 0 aliphatic carbocycles. The van der Waals surface area contributed by atoms with Gasteiger partial charge in [-0.3, -0.25) is 4.79 Å². The molecule has 0 radical (unpaired) electrons. The van der Waals surface area contributed by atoms with Gasteiger partial charge in [0.05, 0.1) is 16.7 Å². The summed E-state index contributed by atoms with van der Waals surface area (Å²) in [7, 11) is 0. The largest absolute Gasteiger partial charge is 0.490 e. The molecule has 25 heavy (non-hydrogen) atoms. The van der Waals surface area contributed by atoms with E-state index in [0.29, 0.717) is 34.8 Å². The summed E-state index contributed by atoms with van der Waals surface area (Å²) in [6.45, 7) is 2.93. The Labute approximate surface area is 167 Å². The molecule has 0 aromatic heterocycles. The van der Waals surface area contributed by atoms with Crippen LogP contribution in [0, 0.1) is 0 Å². The van der Waals surface area contributed by atoms with Crippen LogP contribution in [0.25, 0.3) is 0 Å². The minimum atomic E-state index is 0.0295. The van der Waals surface area contributed by atoms with Gasteiger partial charge in [0.2, 0.25) is 0 Å². The third kappa shape index (κ3) is 10.2. The first-order valence-electron chi connectivity index (χ1n) is 7.73. The lowest BCUT2D eigenvalue weighted by Crippen LogP contribution is -2.05. The highest BCUT2D eigenvalue weighted by molar-refractivity contribution is 6.55. The minimum Gasteiger partial charge on any atom is -0.490 e. The zero-order chi connectivity index (χ0) is 18.7. The Balaban J connectivity index is 2.34.